The third-order valence-corrected chi connectivity index (χ3v) is 6.06. The lowest BCUT2D eigenvalue weighted by atomic mass is 10.2. The molecular weight excluding hydrogens is 401 g/mol. The van der Waals surface area contributed by atoms with E-state index in [0.717, 1.165) is 0 Å². The number of rotatable bonds is 9. The summed E-state index contributed by atoms with van der Waals surface area (Å²) < 4.78 is 23.5. The number of carbonyl (C=O) groups excluding carboxylic acids is 2. The van der Waals surface area contributed by atoms with Crippen molar-refractivity contribution in [3.8, 4) is 0 Å². The van der Waals surface area contributed by atoms with Crippen molar-refractivity contribution in [3.05, 3.63) is 0 Å². The summed E-state index contributed by atoms with van der Waals surface area (Å²) in [6.07, 6.45) is -2.19. The smallest absolute Gasteiger partial charge is 0.324 e. The van der Waals surface area contributed by atoms with Crippen LogP contribution in [0.4, 0.5) is 0 Å². The summed E-state index contributed by atoms with van der Waals surface area (Å²) >= 11 is 0. The maximum Gasteiger partial charge on any atom is 0.324 e. The molecule has 0 aromatic heterocycles. The van der Waals surface area contributed by atoms with E-state index in [0.29, 0.717) is 0 Å². The summed E-state index contributed by atoms with van der Waals surface area (Å²) in [6, 6.07) is 0. The normalized spacial score (nSPS) is 16.0. The van der Waals surface area contributed by atoms with Gasteiger partial charge in [0, 0.05) is 0 Å². The zero-order valence-electron chi connectivity index (χ0n) is 18.6. The van der Waals surface area contributed by atoms with Crippen LogP contribution in [0.2, 0.25) is 78.6 Å². The van der Waals surface area contributed by atoms with Gasteiger partial charge in [0.1, 0.15) is 0 Å². The van der Waals surface area contributed by atoms with Crippen molar-refractivity contribution < 1.29 is 27.3 Å². The molecular formula is C16H38O6Si4. The van der Waals surface area contributed by atoms with Gasteiger partial charge in [-0.15, -0.1) is 0 Å². The fourth-order valence-corrected chi connectivity index (χ4v) is 5.35. The Morgan fingerprint density at radius 2 is 0.731 bits per heavy atom. The van der Waals surface area contributed by atoms with Crippen LogP contribution >= 0.6 is 0 Å². The minimum Gasteiger partial charge on any atom is -0.518 e. The highest BCUT2D eigenvalue weighted by Crippen LogP contribution is 2.22. The summed E-state index contributed by atoms with van der Waals surface area (Å²) in [6.45, 7) is 23.3. The van der Waals surface area contributed by atoms with Gasteiger partial charge in [-0.2, -0.15) is 0 Å². The van der Waals surface area contributed by atoms with Gasteiger partial charge in [-0.1, -0.05) is 0 Å². The topological polar surface area (TPSA) is 71.1 Å². The van der Waals surface area contributed by atoms with E-state index in [2.05, 4.69) is 0 Å². The molecule has 10 heteroatoms. The molecule has 2 atom stereocenters. The van der Waals surface area contributed by atoms with Gasteiger partial charge >= 0.3 is 11.9 Å². The lowest BCUT2D eigenvalue weighted by Crippen LogP contribution is -2.55. The highest BCUT2D eigenvalue weighted by molar-refractivity contribution is 6.72. The Bertz CT molecular complexity index is 451. The number of carbonyl (C=O) groups is 2. The Balaban J connectivity index is 5.89. The van der Waals surface area contributed by atoms with Crippen LogP contribution in [0.15, 0.2) is 0 Å². The third kappa shape index (κ3) is 12.2. The van der Waals surface area contributed by atoms with Crippen molar-refractivity contribution in [1.82, 2.24) is 0 Å². The van der Waals surface area contributed by atoms with Gasteiger partial charge in [-0.3, -0.25) is 9.59 Å². The molecule has 0 radical (unpaired) electrons. The van der Waals surface area contributed by atoms with E-state index in [1.54, 1.807) is 0 Å². The molecule has 0 bridgehead atoms. The first-order chi connectivity index (χ1) is 11.2. The van der Waals surface area contributed by atoms with Gasteiger partial charge < -0.3 is 17.7 Å². The Labute approximate surface area is 163 Å². The minimum absolute atomic E-state index is 0.526. The van der Waals surface area contributed by atoms with Crippen molar-refractivity contribution in [2.75, 3.05) is 0 Å². The largest absolute Gasteiger partial charge is 0.518 e. The fraction of sp³-hybridized carbons (Fsp3) is 0.875. The summed E-state index contributed by atoms with van der Waals surface area (Å²) in [5, 5.41) is 0. The van der Waals surface area contributed by atoms with Crippen molar-refractivity contribution in [2.24, 2.45) is 0 Å². The average Bonchev–Trinajstić information content (AvgIpc) is 2.26. The third-order valence-electron chi connectivity index (χ3n) is 2.51. The van der Waals surface area contributed by atoms with Crippen LogP contribution in [-0.2, 0) is 27.3 Å². The second-order valence-electron chi connectivity index (χ2n) is 10.4. The van der Waals surface area contributed by atoms with E-state index in [4.69, 9.17) is 17.7 Å². The molecule has 0 saturated carbocycles. The van der Waals surface area contributed by atoms with Crippen molar-refractivity contribution in [1.29, 1.82) is 0 Å². The lowest BCUT2D eigenvalue weighted by molar-refractivity contribution is -0.160. The van der Waals surface area contributed by atoms with E-state index < -0.39 is 57.4 Å². The predicted molar refractivity (Wildman–Crippen MR) is 115 cm³/mol. The van der Waals surface area contributed by atoms with E-state index in [9.17, 15) is 9.59 Å². The Morgan fingerprint density at radius 3 is 0.885 bits per heavy atom. The zero-order chi connectivity index (χ0) is 21.1. The van der Waals surface area contributed by atoms with Gasteiger partial charge in [-0.25, -0.2) is 0 Å². The first-order valence-corrected chi connectivity index (χ1v) is 22.6. The second-order valence-corrected chi connectivity index (χ2v) is 28.1. The standard InChI is InChI=1S/C16H38O6Si4/c1-23(2,3)19-13(15(17)21-25(7,8)9)14(20-24(4,5)6)16(18)22-26(10,11)12/h13-14H,1-12H3/t13-,14-/m1/s1. The Morgan fingerprint density at radius 1 is 0.500 bits per heavy atom. The molecule has 26 heavy (non-hydrogen) atoms. The van der Waals surface area contributed by atoms with Gasteiger partial charge in [0.05, 0.1) is 0 Å². The molecule has 0 heterocycles. The molecule has 0 fully saturated rings. The van der Waals surface area contributed by atoms with Crippen LogP contribution in [-0.4, -0.2) is 57.4 Å². The molecule has 6 nitrogen and oxygen atoms in total. The Hall–Kier alpha value is -0.272. The summed E-state index contributed by atoms with van der Waals surface area (Å²) in [5.41, 5.74) is 0. The molecule has 0 rings (SSSR count). The molecule has 0 aliphatic heterocycles. The Kier molecular flexibility index (Phi) is 8.73. The van der Waals surface area contributed by atoms with E-state index >= 15 is 0 Å². The number of hydrogen-bond donors (Lipinski definition) is 0. The van der Waals surface area contributed by atoms with Crippen LogP contribution < -0.4 is 0 Å². The molecule has 0 aliphatic rings. The first kappa shape index (κ1) is 25.7. The molecule has 0 N–H and O–H groups in total. The lowest BCUT2D eigenvalue weighted by Gasteiger charge is -2.35. The second kappa shape index (κ2) is 8.82. The molecule has 0 saturated heterocycles. The van der Waals surface area contributed by atoms with Gasteiger partial charge in [0.2, 0.25) is 16.6 Å². The highest BCUT2D eigenvalue weighted by Gasteiger charge is 2.44. The molecule has 0 amide bonds. The zero-order valence-corrected chi connectivity index (χ0v) is 22.6. The SMILES string of the molecule is C[Si](C)(C)OC(=O)[C@H](O[Si](C)(C)C)[C@@H](O[Si](C)(C)C)C(=O)O[Si](C)(C)C. The first-order valence-electron chi connectivity index (χ1n) is 9.02. The monoisotopic (exact) mass is 438 g/mol. The molecule has 154 valence electrons. The summed E-state index contributed by atoms with van der Waals surface area (Å²) in [5.74, 6) is -1.05. The van der Waals surface area contributed by atoms with Crippen molar-refractivity contribution in [3.63, 3.8) is 0 Å². The summed E-state index contributed by atoms with van der Waals surface area (Å²) in [4.78, 5) is 25.8. The molecule has 0 aromatic carbocycles. The summed E-state index contributed by atoms with van der Waals surface area (Å²) in [7, 11) is -8.59. The van der Waals surface area contributed by atoms with E-state index in [1.807, 2.05) is 78.6 Å². The highest BCUT2D eigenvalue weighted by atomic mass is 28.4. The van der Waals surface area contributed by atoms with Gasteiger partial charge in [0.15, 0.2) is 28.8 Å². The van der Waals surface area contributed by atoms with Crippen LogP contribution in [0.5, 0.6) is 0 Å². The van der Waals surface area contributed by atoms with Crippen LogP contribution in [0.3, 0.4) is 0 Å². The maximum absolute atomic E-state index is 12.9. The molecule has 0 unspecified atom stereocenters. The molecule has 0 spiro atoms. The van der Waals surface area contributed by atoms with Crippen LogP contribution in [0, 0.1) is 0 Å². The number of hydrogen-bond acceptors (Lipinski definition) is 6. The predicted octanol–water partition coefficient (Wildman–Crippen LogP) is 4.18. The molecule has 0 aliphatic carbocycles. The van der Waals surface area contributed by atoms with Crippen LogP contribution in [0.1, 0.15) is 0 Å². The van der Waals surface area contributed by atoms with E-state index in [-0.39, 0.29) is 0 Å². The van der Waals surface area contributed by atoms with Crippen molar-refractivity contribution in [2.45, 2.75) is 90.8 Å². The molecule has 0 aromatic rings. The average molecular weight is 439 g/mol. The van der Waals surface area contributed by atoms with E-state index in [1.165, 1.54) is 0 Å². The van der Waals surface area contributed by atoms with Gasteiger partial charge in [-0.05, 0) is 78.6 Å². The quantitative estimate of drug-likeness (QED) is 0.503. The minimum atomic E-state index is -2.15. The maximum atomic E-state index is 12.9. The van der Waals surface area contributed by atoms with Crippen LogP contribution in [0.25, 0.3) is 0 Å². The fourth-order valence-electron chi connectivity index (χ4n) is 1.95. The van der Waals surface area contributed by atoms with Gasteiger partial charge in [0.25, 0.3) is 0 Å². The van der Waals surface area contributed by atoms with Crippen molar-refractivity contribution >= 4 is 45.2 Å².